The number of carbonyl (C=O) groups is 4. The Bertz CT molecular complexity index is 1540. The average Bonchev–Trinajstić information content (AvgIpc) is 3.73. The molecule has 262 valence electrons. The summed E-state index contributed by atoms with van der Waals surface area (Å²) >= 11 is 0. The topological polar surface area (TPSA) is 125 Å². The highest BCUT2D eigenvalue weighted by atomic mass is 16.6. The average molecular weight is 672 g/mol. The number of ether oxygens (including phenoxy) is 2. The van der Waals surface area contributed by atoms with Crippen molar-refractivity contribution in [2.45, 2.75) is 94.9 Å². The number of aliphatic hydroxyl groups excluding tert-OH is 1. The van der Waals surface area contributed by atoms with E-state index in [1.54, 1.807) is 24.0 Å². The van der Waals surface area contributed by atoms with E-state index in [1.807, 2.05) is 81.4 Å². The zero-order valence-corrected chi connectivity index (χ0v) is 28.9. The number of hydrogen-bond donors (Lipinski definition) is 2. The van der Waals surface area contributed by atoms with Gasteiger partial charge in [0.25, 0.3) is 0 Å². The van der Waals surface area contributed by atoms with E-state index < -0.39 is 71.8 Å². The lowest BCUT2D eigenvalue weighted by molar-refractivity contribution is -0.163. The fraction of sp³-hybridized carbons (Fsp3) is 0.487. The molecule has 8 atom stereocenters. The van der Waals surface area contributed by atoms with Gasteiger partial charge in [-0.3, -0.25) is 19.2 Å². The molecule has 3 amide bonds. The lowest BCUT2D eigenvalue weighted by atomic mass is 9.70. The molecular weight excluding hydrogens is 622 g/mol. The van der Waals surface area contributed by atoms with Crippen molar-refractivity contribution in [3.63, 3.8) is 0 Å². The van der Waals surface area contributed by atoms with Crippen LogP contribution in [-0.4, -0.2) is 81.1 Å². The molecule has 0 saturated carbocycles. The van der Waals surface area contributed by atoms with Gasteiger partial charge in [0.05, 0.1) is 36.6 Å². The number of rotatable bonds is 14. The van der Waals surface area contributed by atoms with Gasteiger partial charge in [-0.25, -0.2) is 0 Å². The molecule has 3 saturated heterocycles. The molecule has 3 heterocycles. The molecule has 0 aliphatic carbocycles. The maximum absolute atomic E-state index is 14.8. The van der Waals surface area contributed by atoms with Crippen LogP contribution in [0.15, 0.2) is 86.0 Å². The van der Waals surface area contributed by atoms with E-state index in [0.717, 1.165) is 0 Å². The van der Waals surface area contributed by atoms with Crippen molar-refractivity contribution in [3.05, 3.63) is 97.1 Å². The van der Waals surface area contributed by atoms with E-state index >= 15 is 0 Å². The smallest absolute Gasteiger partial charge is 0.313 e. The number of esters is 1. The Morgan fingerprint density at radius 1 is 1.08 bits per heavy atom. The Balaban J connectivity index is 1.54. The molecule has 5 rings (SSSR count). The Morgan fingerprint density at radius 2 is 1.71 bits per heavy atom. The van der Waals surface area contributed by atoms with Gasteiger partial charge in [-0.2, -0.15) is 0 Å². The molecular formula is C39H49N3O7. The molecule has 2 N–H and O–H groups in total. The van der Waals surface area contributed by atoms with Crippen LogP contribution >= 0.6 is 0 Å². The van der Waals surface area contributed by atoms with Gasteiger partial charge in [0, 0.05) is 18.5 Å². The third kappa shape index (κ3) is 6.81. The van der Waals surface area contributed by atoms with Gasteiger partial charge < -0.3 is 29.7 Å². The second kappa shape index (κ2) is 14.7. The van der Waals surface area contributed by atoms with Crippen LogP contribution in [0.4, 0.5) is 0 Å². The maximum atomic E-state index is 14.8. The van der Waals surface area contributed by atoms with E-state index in [9.17, 15) is 24.3 Å². The van der Waals surface area contributed by atoms with Gasteiger partial charge in [0.2, 0.25) is 17.7 Å². The van der Waals surface area contributed by atoms with Crippen molar-refractivity contribution in [1.82, 2.24) is 15.1 Å². The lowest BCUT2D eigenvalue weighted by Crippen LogP contribution is -2.60. The molecule has 1 spiro atoms. The van der Waals surface area contributed by atoms with Crippen LogP contribution in [0.5, 0.6) is 0 Å². The van der Waals surface area contributed by atoms with Crippen LogP contribution in [0.25, 0.3) is 0 Å². The summed E-state index contributed by atoms with van der Waals surface area (Å²) in [5.41, 5.74) is -0.576. The number of fused-ring (bicyclic) bond motifs is 1. The van der Waals surface area contributed by atoms with Gasteiger partial charge >= 0.3 is 5.97 Å². The third-order valence-electron chi connectivity index (χ3n) is 10.1. The van der Waals surface area contributed by atoms with E-state index in [2.05, 4.69) is 18.5 Å². The van der Waals surface area contributed by atoms with E-state index in [4.69, 9.17) is 9.47 Å². The van der Waals surface area contributed by atoms with Crippen LogP contribution < -0.4 is 5.32 Å². The molecule has 0 unspecified atom stereocenters. The van der Waals surface area contributed by atoms with Crippen LogP contribution in [0, 0.1) is 11.8 Å². The Hall–Kier alpha value is -4.28. The minimum Gasteiger partial charge on any atom is -0.455 e. The second-order valence-electron chi connectivity index (χ2n) is 14.3. The predicted molar refractivity (Wildman–Crippen MR) is 185 cm³/mol. The summed E-state index contributed by atoms with van der Waals surface area (Å²) in [6, 6.07) is 15.7. The number of likely N-dealkylation sites (tertiary alicyclic amines) is 1. The Kier molecular flexibility index (Phi) is 10.8. The lowest BCUT2D eigenvalue weighted by Gasteiger charge is -2.43. The quantitative estimate of drug-likeness (QED) is 0.221. The van der Waals surface area contributed by atoms with Crippen LogP contribution in [-0.2, 0) is 28.7 Å². The zero-order valence-electron chi connectivity index (χ0n) is 28.9. The first-order valence-corrected chi connectivity index (χ1v) is 17.1. The Labute approximate surface area is 289 Å². The molecule has 10 nitrogen and oxygen atoms in total. The van der Waals surface area contributed by atoms with Gasteiger partial charge in [0.15, 0.2) is 0 Å². The monoisotopic (exact) mass is 671 g/mol. The number of aliphatic hydroxyl groups is 1. The largest absolute Gasteiger partial charge is 0.455 e. The summed E-state index contributed by atoms with van der Waals surface area (Å²) in [5, 5.41) is 13.7. The van der Waals surface area contributed by atoms with E-state index in [-0.39, 0.29) is 24.8 Å². The standard InChI is InChI=1S/C39H49N3O7/c1-7-9-20-30(44)40-25(3)33(27-18-14-11-15-19-27)48-37(47)31-29-21-22-39(49-29)32(31)35(45)42(28(24-43)26-16-12-10-13-17-26)34(39)36(46)41(23-8-2)38(4,5)6/h7-8,10-19,25,28-29,31-34,43H,1-2,9,20-24H2,3-6H3,(H,40,44)/t25-,28+,29-,31+,32+,33-,34-,39+/m0/s1. The molecule has 3 aliphatic heterocycles. The Morgan fingerprint density at radius 3 is 2.29 bits per heavy atom. The minimum absolute atomic E-state index is 0.201. The first-order chi connectivity index (χ1) is 23.4. The molecule has 2 bridgehead atoms. The number of benzene rings is 2. The number of allylic oxidation sites excluding steroid dienone is 1. The normalized spacial score (nSPS) is 26.0. The van der Waals surface area contributed by atoms with Crippen molar-refractivity contribution >= 4 is 23.7 Å². The zero-order chi connectivity index (χ0) is 35.5. The highest BCUT2D eigenvalue weighted by Gasteiger charge is 2.76. The SMILES string of the molecule is C=CCCC(=O)N[C@@H](C)[C@H](OC(=O)[C@@H]1[C@@H]2CC[C@]3(O2)[C@H](C(=O)N(CC=C)C(C)(C)C)N([C@H](CO)c2ccccc2)C(=O)[C@@H]13)c1ccccc1. The molecule has 2 aromatic carbocycles. The molecule has 3 fully saturated rings. The molecule has 3 aliphatic rings. The number of nitrogens with one attached hydrogen (secondary N) is 1. The summed E-state index contributed by atoms with van der Waals surface area (Å²) in [4.78, 5) is 59.8. The first kappa shape index (κ1) is 36.0. The third-order valence-corrected chi connectivity index (χ3v) is 10.1. The predicted octanol–water partition coefficient (Wildman–Crippen LogP) is 4.66. The molecule has 2 aromatic rings. The summed E-state index contributed by atoms with van der Waals surface area (Å²) in [6.45, 7) is 14.9. The van der Waals surface area contributed by atoms with Crippen molar-refractivity contribution in [1.29, 1.82) is 0 Å². The van der Waals surface area contributed by atoms with Crippen LogP contribution in [0.2, 0.25) is 0 Å². The van der Waals surface area contributed by atoms with E-state index in [0.29, 0.717) is 30.4 Å². The number of hydrogen-bond acceptors (Lipinski definition) is 7. The highest BCUT2D eigenvalue weighted by molar-refractivity contribution is 5.98. The summed E-state index contributed by atoms with van der Waals surface area (Å²) in [6.07, 6.45) is 3.43. The van der Waals surface area contributed by atoms with Gasteiger partial charge in [-0.1, -0.05) is 72.8 Å². The number of amides is 3. The van der Waals surface area contributed by atoms with Crippen molar-refractivity contribution in [2.75, 3.05) is 13.2 Å². The van der Waals surface area contributed by atoms with E-state index in [1.165, 1.54) is 4.90 Å². The molecule has 0 aromatic heterocycles. The van der Waals surface area contributed by atoms with Crippen LogP contribution in [0.3, 0.4) is 0 Å². The molecule has 10 heteroatoms. The molecule has 0 radical (unpaired) electrons. The molecule has 49 heavy (non-hydrogen) atoms. The minimum atomic E-state index is -1.30. The fourth-order valence-corrected chi connectivity index (χ4v) is 7.91. The second-order valence-corrected chi connectivity index (χ2v) is 14.3. The summed E-state index contributed by atoms with van der Waals surface area (Å²) in [5.74, 6) is -3.59. The maximum Gasteiger partial charge on any atom is 0.313 e. The van der Waals surface area contributed by atoms with Gasteiger partial charge in [-0.15, -0.1) is 13.2 Å². The van der Waals surface area contributed by atoms with Gasteiger partial charge in [-0.05, 0) is 58.1 Å². The number of carbonyl (C=O) groups excluding carboxylic acids is 4. The van der Waals surface area contributed by atoms with Crippen molar-refractivity contribution in [2.24, 2.45) is 11.8 Å². The summed E-state index contributed by atoms with van der Waals surface area (Å²) < 4.78 is 12.9. The van der Waals surface area contributed by atoms with Crippen LogP contribution in [0.1, 0.15) is 76.7 Å². The van der Waals surface area contributed by atoms with Crippen molar-refractivity contribution in [3.8, 4) is 0 Å². The first-order valence-electron chi connectivity index (χ1n) is 17.1. The highest BCUT2D eigenvalue weighted by Crippen LogP contribution is 2.60. The van der Waals surface area contributed by atoms with Crippen molar-refractivity contribution < 1.29 is 33.8 Å². The van der Waals surface area contributed by atoms with Gasteiger partial charge in [0.1, 0.15) is 17.7 Å². The number of nitrogens with zero attached hydrogens (tertiary/aromatic N) is 2. The fourth-order valence-electron chi connectivity index (χ4n) is 7.91. The summed E-state index contributed by atoms with van der Waals surface area (Å²) in [7, 11) is 0.